The van der Waals surface area contributed by atoms with Gasteiger partial charge in [0.15, 0.2) is 0 Å². The SMILES string of the molecule is C[C@H](c1ccc(O)cc1Br)[C@@H](C)c1ccc(O)cc1Br. The molecule has 2 aromatic rings. The summed E-state index contributed by atoms with van der Waals surface area (Å²) in [5.74, 6) is 1.05. The molecule has 106 valence electrons. The van der Waals surface area contributed by atoms with E-state index >= 15 is 0 Å². The van der Waals surface area contributed by atoms with E-state index in [9.17, 15) is 10.2 Å². The Kier molecular flexibility index (Phi) is 4.76. The fourth-order valence-electron chi connectivity index (χ4n) is 2.31. The number of hydrogen-bond donors (Lipinski definition) is 2. The number of hydrogen-bond acceptors (Lipinski definition) is 2. The number of phenols is 2. The molecule has 2 aromatic carbocycles. The summed E-state index contributed by atoms with van der Waals surface area (Å²) in [4.78, 5) is 0. The van der Waals surface area contributed by atoms with Crippen molar-refractivity contribution in [2.45, 2.75) is 25.7 Å². The second-order valence-corrected chi connectivity index (χ2v) is 6.70. The lowest BCUT2D eigenvalue weighted by Crippen LogP contribution is -2.06. The van der Waals surface area contributed by atoms with Gasteiger partial charge in [-0.1, -0.05) is 57.8 Å². The monoisotopic (exact) mass is 398 g/mol. The Morgan fingerprint density at radius 2 is 1.10 bits per heavy atom. The molecule has 0 saturated heterocycles. The molecule has 0 fully saturated rings. The predicted octanol–water partition coefficient (Wildman–Crippen LogP) is 5.53. The van der Waals surface area contributed by atoms with Crippen LogP contribution in [0.4, 0.5) is 0 Å². The van der Waals surface area contributed by atoms with Crippen LogP contribution in [0.3, 0.4) is 0 Å². The van der Waals surface area contributed by atoms with Gasteiger partial charge >= 0.3 is 0 Å². The molecule has 4 heteroatoms. The maximum Gasteiger partial charge on any atom is 0.116 e. The molecular weight excluding hydrogens is 384 g/mol. The molecule has 20 heavy (non-hydrogen) atoms. The van der Waals surface area contributed by atoms with Crippen LogP contribution >= 0.6 is 31.9 Å². The first-order valence-corrected chi connectivity index (χ1v) is 7.95. The molecule has 0 aliphatic carbocycles. The van der Waals surface area contributed by atoms with E-state index in [-0.39, 0.29) is 23.3 Å². The fraction of sp³-hybridized carbons (Fsp3) is 0.250. The van der Waals surface area contributed by atoms with Crippen molar-refractivity contribution in [3.63, 3.8) is 0 Å². The maximum absolute atomic E-state index is 9.48. The molecule has 2 N–H and O–H groups in total. The normalized spacial score (nSPS) is 14.0. The molecule has 2 atom stereocenters. The van der Waals surface area contributed by atoms with Gasteiger partial charge in [0.2, 0.25) is 0 Å². The van der Waals surface area contributed by atoms with Gasteiger partial charge in [0.05, 0.1) is 0 Å². The summed E-state index contributed by atoms with van der Waals surface area (Å²) >= 11 is 7.01. The van der Waals surface area contributed by atoms with Crippen LogP contribution in [0.5, 0.6) is 11.5 Å². The highest BCUT2D eigenvalue weighted by Gasteiger charge is 2.20. The molecule has 0 aliphatic heterocycles. The van der Waals surface area contributed by atoms with Crippen molar-refractivity contribution in [2.24, 2.45) is 0 Å². The number of phenolic OH excluding ortho intramolecular Hbond substituents is 2. The van der Waals surface area contributed by atoms with Gasteiger partial charge in [-0.15, -0.1) is 0 Å². The van der Waals surface area contributed by atoms with Crippen LogP contribution in [0.1, 0.15) is 36.8 Å². The molecule has 0 amide bonds. The first-order chi connectivity index (χ1) is 9.40. The Balaban J connectivity index is 2.34. The quantitative estimate of drug-likeness (QED) is 0.712. The fourth-order valence-corrected chi connectivity index (χ4v) is 3.76. The first-order valence-electron chi connectivity index (χ1n) is 6.37. The Morgan fingerprint density at radius 3 is 1.40 bits per heavy atom. The lowest BCUT2D eigenvalue weighted by Gasteiger charge is -2.23. The van der Waals surface area contributed by atoms with E-state index < -0.39 is 0 Å². The summed E-state index contributed by atoms with van der Waals surface area (Å²) in [7, 11) is 0. The topological polar surface area (TPSA) is 40.5 Å². The Hall–Kier alpha value is -1.00. The van der Waals surface area contributed by atoms with E-state index in [4.69, 9.17) is 0 Å². The highest BCUT2D eigenvalue weighted by atomic mass is 79.9. The van der Waals surface area contributed by atoms with Crippen molar-refractivity contribution >= 4 is 31.9 Å². The smallest absolute Gasteiger partial charge is 0.116 e. The molecule has 0 radical (unpaired) electrons. The average molecular weight is 400 g/mol. The Morgan fingerprint density at radius 1 is 0.750 bits per heavy atom. The van der Waals surface area contributed by atoms with Gasteiger partial charge in [0.25, 0.3) is 0 Å². The predicted molar refractivity (Wildman–Crippen MR) is 88.4 cm³/mol. The summed E-state index contributed by atoms with van der Waals surface area (Å²) in [6.07, 6.45) is 0. The second kappa shape index (κ2) is 6.19. The minimum absolute atomic E-state index is 0.256. The number of aromatic hydroxyl groups is 2. The third kappa shape index (κ3) is 3.18. The standard InChI is InChI=1S/C16H16Br2O2/c1-9(13-5-3-11(19)7-15(13)17)10(2)14-6-4-12(20)8-16(14)18/h3-10,19-20H,1-2H3/t9-,10+. The van der Waals surface area contributed by atoms with Crippen LogP contribution in [0, 0.1) is 0 Å². The highest BCUT2D eigenvalue weighted by molar-refractivity contribution is 9.10. The molecule has 0 bridgehead atoms. The molecule has 0 aromatic heterocycles. The molecule has 2 nitrogen and oxygen atoms in total. The van der Waals surface area contributed by atoms with Gasteiger partial charge < -0.3 is 10.2 Å². The van der Waals surface area contributed by atoms with E-state index in [1.165, 1.54) is 0 Å². The molecule has 0 aliphatic rings. The van der Waals surface area contributed by atoms with Crippen LogP contribution in [0.2, 0.25) is 0 Å². The lowest BCUT2D eigenvalue weighted by atomic mass is 9.84. The zero-order valence-electron chi connectivity index (χ0n) is 11.3. The number of halogens is 2. The minimum Gasteiger partial charge on any atom is -0.508 e. The van der Waals surface area contributed by atoms with E-state index in [0.717, 1.165) is 20.1 Å². The van der Waals surface area contributed by atoms with Crippen LogP contribution in [0.15, 0.2) is 45.3 Å². The molecule has 0 spiro atoms. The summed E-state index contributed by atoms with van der Waals surface area (Å²) in [6, 6.07) is 10.7. The van der Waals surface area contributed by atoms with E-state index in [1.807, 2.05) is 12.1 Å². The second-order valence-electron chi connectivity index (χ2n) is 4.99. The minimum atomic E-state index is 0.256. The Labute approximate surface area is 135 Å². The first kappa shape index (κ1) is 15.4. The largest absolute Gasteiger partial charge is 0.508 e. The summed E-state index contributed by atoms with van der Waals surface area (Å²) < 4.78 is 1.82. The van der Waals surface area contributed by atoms with Crippen LogP contribution in [-0.2, 0) is 0 Å². The van der Waals surface area contributed by atoms with Crippen molar-refractivity contribution in [3.05, 3.63) is 56.5 Å². The number of rotatable bonds is 3. The summed E-state index contributed by atoms with van der Waals surface area (Å²) in [5.41, 5.74) is 2.30. The lowest BCUT2D eigenvalue weighted by molar-refractivity contribution is 0.472. The third-order valence-electron chi connectivity index (χ3n) is 3.70. The molecule has 0 unspecified atom stereocenters. The van der Waals surface area contributed by atoms with Gasteiger partial charge in [-0.3, -0.25) is 0 Å². The zero-order chi connectivity index (χ0) is 14.9. The van der Waals surface area contributed by atoms with Crippen molar-refractivity contribution in [1.29, 1.82) is 0 Å². The van der Waals surface area contributed by atoms with Gasteiger partial charge in [0, 0.05) is 8.95 Å². The highest BCUT2D eigenvalue weighted by Crippen LogP contribution is 2.40. The summed E-state index contributed by atoms with van der Waals surface area (Å²) in [5, 5.41) is 19.0. The van der Waals surface area contributed by atoms with Crippen LogP contribution < -0.4 is 0 Å². The molecule has 2 rings (SSSR count). The molecule has 0 saturated carbocycles. The van der Waals surface area contributed by atoms with Crippen LogP contribution in [-0.4, -0.2) is 10.2 Å². The van der Waals surface area contributed by atoms with Gasteiger partial charge in [-0.25, -0.2) is 0 Å². The zero-order valence-corrected chi connectivity index (χ0v) is 14.4. The van der Waals surface area contributed by atoms with Gasteiger partial charge in [-0.05, 0) is 47.2 Å². The average Bonchev–Trinajstić information content (AvgIpc) is 2.37. The van der Waals surface area contributed by atoms with Crippen molar-refractivity contribution in [2.75, 3.05) is 0 Å². The third-order valence-corrected chi connectivity index (χ3v) is 5.07. The van der Waals surface area contributed by atoms with E-state index in [1.54, 1.807) is 24.3 Å². The Bertz CT molecular complexity index is 570. The molecule has 0 heterocycles. The van der Waals surface area contributed by atoms with Crippen molar-refractivity contribution in [1.82, 2.24) is 0 Å². The molecular formula is C16H16Br2O2. The van der Waals surface area contributed by atoms with Crippen molar-refractivity contribution in [3.8, 4) is 11.5 Å². The maximum atomic E-state index is 9.48. The summed E-state index contributed by atoms with van der Waals surface area (Å²) in [6.45, 7) is 4.31. The number of benzene rings is 2. The van der Waals surface area contributed by atoms with E-state index in [2.05, 4.69) is 45.7 Å². The van der Waals surface area contributed by atoms with Gasteiger partial charge in [0.1, 0.15) is 11.5 Å². The van der Waals surface area contributed by atoms with Crippen molar-refractivity contribution < 1.29 is 10.2 Å². The van der Waals surface area contributed by atoms with Gasteiger partial charge in [-0.2, -0.15) is 0 Å². The van der Waals surface area contributed by atoms with E-state index in [0.29, 0.717) is 0 Å². The van der Waals surface area contributed by atoms with Crippen LogP contribution in [0.25, 0.3) is 0 Å².